The molecule has 3 heterocycles. The number of rotatable bonds is 4. The van der Waals surface area contributed by atoms with Crippen molar-refractivity contribution in [1.82, 2.24) is 15.1 Å². The standard InChI is InChI=1S/C15H23N3O4S/c1-10(14-4-3-6-22-14)17-15(19)13-8-16-18(11(13)2)12-5-7-23(20,21)9-12/h8,10,12,14H,3-7,9H2,1-2H3,(H,17,19)/t10-,12-,14+/m1/s1. The van der Waals surface area contributed by atoms with Gasteiger partial charge in [0.1, 0.15) is 0 Å². The highest BCUT2D eigenvalue weighted by Crippen LogP contribution is 2.25. The summed E-state index contributed by atoms with van der Waals surface area (Å²) in [6.07, 6.45) is 4.13. The normalized spacial score (nSPS) is 27.9. The molecule has 0 aromatic carbocycles. The summed E-state index contributed by atoms with van der Waals surface area (Å²) in [4.78, 5) is 12.4. The van der Waals surface area contributed by atoms with Gasteiger partial charge in [-0.15, -0.1) is 0 Å². The van der Waals surface area contributed by atoms with Crippen LogP contribution < -0.4 is 5.32 Å². The van der Waals surface area contributed by atoms with Crippen LogP contribution in [0.2, 0.25) is 0 Å². The van der Waals surface area contributed by atoms with Gasteiger partial charge in [0.25, 0.3) is 5.91 Å². The number of nitrogens with one attached hydrogen (secondary N) is 1. The molecule has 2 fully saturated rings. The van der Waals surface area contributed by atoms with Gasteiger partial charge in [-0.2, -0.15) is 5.10 Å². The molecule has 3 atom stereocenters. The van der Waals surface area contributed by atoms with Gasteiger partial charge < -0.3 is 10.1 Å². The van der Waals surface area contributed by atoms with Crippen LogP contribution in [0, 0.1) is 6.92 Å². The van der Waals surface area contributed by atoms with Gasteiger partial charge in [-0.25, -0.2) is 8.42 Å². The molecule has 7 nitrogen and oxygen atoms in total. The van der Waals surface area contributed by atoms with E-state index >= 15 is 0 Å². The Hall–Kier alpha value is -1.41. The summed E-state index contributed by atoms with van der Waals surface area (Å²) in [7, 11) is -2.98. The van der Waals surface area contributed by atoms with Crippen molar-refractivity contribution < 1.29 is 17.9 Å². The Kier molecular flexibility index (Phi) is 4.46. The van der Waals surface area contributed by atoms with Crippen molar-refractivity contribution in [1.29, 1.82) is 0 Å². The molecule has 1 aromatic heterocycles. The molecular weight excluding hydrogens is 318 g/mol. The fourth-order valence-corrected chi connectivity index (χ4v) is 5.05. The lowest BCUT2D eigenvalue weighted by molar-refractivity contribution is 0.0712. The highest BCUT2D eigenvalue weighted by molar-refractivity contribution is 7.91. The Morgan fingerprint density at radius 1 is 1.48 bits per heavy atom. The van der Waals surface area contributed by atoms with E-state index in [-0.39, 0.29) is 35.6 Å². The van der Waals surface area contributed by atoms with Crippen LogP contribution in [0.1, 0.15) is 48.3 Å². The molecular formula is C15H23N3O4S. The van der Waals surface area contributed by atoms with Crippen LogP contribution in [0.3, 0.4) is 0 Å². The SMILES string of the molecule is Cc1c(C(=O)N[C@H](C)[C@@H]2CCCO2)cnn1[C@@H]1CCS(=O)(=O)C1. The minimum absolute atomic E-state index is 0.0559. The number of aromatic nitrogens is 2. The van der Waals surface area contributed by atoms with Gasteiger partial charge in [0.05, 0.1) is 41.5 Å². The highest BCUT2D eigenvalue weighted by atomic mass is 32.2. The van der Waals surface area contributed by atoms with Crippen molar-refractivity contribution in [2.75, 3.05) is 18.1 Å². The van der Waals surface area contributed by atoms with Crippen molar-refractivity contribution in [3.63, 3.8) is 0 Å². The summed E-state index contributed by atoms with van der Waals surface area (Å²) < 4.78 is 30.5. The summed E-state index contributed by atoms with van der Waals surface area (Å²) in [6, 6.07) is -0.225. The zero-order valence-electron chi connectivity index (χ0n) is 13.5. The number of ether oxygens (including phenoxy) is 1. The lowest BCUT2D eigenvalue weighted by atomic mass is 10.1. The summed E-state index contributed by atoms with van der Waals surface area (Å²) in [5, 5.41) is 7.21. The summed E-state index contributed by atoms with van der Waals surface area (Å²) >= 11 is 0. The number of carbonyl (C=O) groups excluding carboxylic acids is 1. The smallest absolute Gasteiger partial charge is 0.255 e. The number of hydrogen-bond acceptors (Lipinski definition) is 5. The largest absolute Gasteiger partial charge is 0.376 e. The third-order valence-corrected chi connectivity index (χ3v) is 6.48. The molecule has 0 bridgehead atoms. The Morgan fingerprint density at radius 2 is 2.26 bits per heavy atom. The second kappa shape index (κ2) is 6.24. The van der Waals surface area contributed by atoms with Gasteiger partial charge in [-0.1, -0.05) is 0 Å². The Bertz CT molecular complexity index is 692. The fourth-order valence-electron chi connectivity index (χ4n) is 3.36. The lowest BCUT2D eigenvalue weighted by Gasteiger charge is -2.20. The van der Waals surface area contributed by atoms with Crippen LogP contribution in [-0.4, -0.2) is 54.4 Å². The zero-order chi connectivity index (χ0) is 16.6. The molecule has 3 rings (SSSR count). The first-order valence-corrected chi connectivity index (χ1v) is 9.86. The van der Waals surface area contributed by atoms with Crippen molar-refractivity contribution in [2.24, 2.45) is 0 Å². The van der Waals surface area contributed by atoms with Crippen molar-refractivity contribution in [3.8, 4) is 0 Å². The summed E-state index contributed by atoms with van der Waals surface area (Å²) in [5.41, 5.74) is 1.21. The first-order valence-electron chi connectivity index (χ1n) is 8.04. The van der Waals surface area contributed by atoms with Crippen molar-refractivity contribution >= 4 is 15.7 Å². The maximum Gasteiger partial charge on any atom is 0.255 e. The molecule has 128 valence electrons. The van der Waals surface area contributed by atoms with Crippen molar-refractivity contribution in [2.45, 2.75) is 51.3 Å². The second-order valence-corrected chi connectivity index (χ2v) is 8.69. The van der Waals surface area contributed by atoms with Crippen LogP contribution >= 0.6 is 0 Å². The van der Waals surface area contributed by atoms with E-state index in [4.69, 9.17) is 4.74 Å². The number of sulfone groups is 1. The summed E-state index contributed by atoms with van der Waals surface area (Å²) in [5.74, 6) is 0.106. The fraction of sp³-hybridized carbons (Fsp3) is 0.733. The molecule has 2 aliphatic heterocycles. The molecule has 2 aliphatic rings. The van der Waals surface area contributed by atoms with E-state index in [0.29, 0.717) is 17.7 Å². The van der Waals surface area contributed by atoms with E-state index in [1.165, 1.54) is 6.20 Å². The molecule has 1 aromatic rings. The van der Waals surface area contributed by atoms with E-state index in [1.807, 2.05) is 13.8 Å². The minimum Gasteiger partial charge on any atom is -0.376 e. The average molecular weight is 341 g/mol. The predicted octanol–water partition coefficient (Wildman–Crippen LogP) is 0.848. The van der Waals surface area contributed by atoms with E-state index in [9.17, 15) is 13.2 Å². The van der Waals surface area contributed by atoms with Crippen LogP contribution in [0.4, 0.5) is 0 Å². The number of nitrogens with zero attached hydrogens (tertiary/aromatic N) is 2. The number of amides is 1. The molecule has 2 saturated heterocycles. The van der Waals surface area contributed by atoms with E-state index in [0.717, 1.165) is 19.4 Å². The Labute approximate surface area is 136 Å². The highest BCUT2D eigenvalue weighted by Gasteiger charge is 2.32. The third-order valence-electron chi connectivity index (χ3n) is 4.72. The molecule has 1 N–H and O–H groups in total. The maximum absolute atomic E-state index is 12.4. The van der Waals surface area contributed by atoms with E-state index in [1.54, 1.807) is 4.68 Å². The molecule has 0 unspecified atom stereocenters. The molecule has 23 heavy (non-hydrogen) atoms. The molecule has 0 spiro atoms. The van der Waals surface area contributed by atoms with Crippen LogP contribution in [0.15, 0.2) is 6.20 Å². The van der Waals surface area contributed by atoms with E-state index < -0.39 is 9.84 Å². The van der Waals surface area contributed by atoms with Crippen molar-refractivity contribution in [3.05, 3.63) is 17.5 Å². The first kappa shape index (κ1) is 16.4. The maximum atomic E-state index is 12.4. The van der Waals surface area contributed by atoms with Gasteiger partial charge >= 0.3 is 0 Å². The first-order chi connectivity index (χ1) is 10.9. The van der Waals surface area contributed by atoms with E-state index in [2.05, 4.69) is 10.4 Å². The monoisotopic (exact) mass is 341 g/mol. The van der Waals surface area contributed by atoms with Gasteiger partial charge in [-0.3, -0.25) is 9.48 Å². The van der Waals surface area contributed by atoms with Gasteiger partial charge in [-0.05, 0) is 33.1 Å². The summed E-state index contributed by atoms with van der Waals surface area (Å²) in [6.45, 7) is 4.50. The quantitative estimate of drug-likeness (QED) is 0.877. The van der Waals surface area contributed by atoms with Crippen LogP contribution in [0.25, 0.3) is 0 Å². The zero-order valence-corrected chi connectivity index (χ0v) is 14.3. The second-order valence-electron chi connectivity index (χ2n) is 6.46. The third kappa shape index (κ3) is 3.42. The Morgan fingerprint density at radius 3 is 2.87 bits per heavy atom. The topological polar surface area (TPSA) is 90.3 Å². The lowest BCUT2D eigenvalue weighted by Crippen LogP contribution is -2.41. The Balaban J connectivity index is 1.70. The molecule has 0 aliphatic carbocycles. The van der Waals surface area contributed by atoms with Gasteiger partial charge in [0.2, 0.25) is 0 Å². The van der Waals surface area contributed by atoms with Crippen LogP contribution in [-0.2, 0) is 14.6 Å². The minimum atomic E-state index is -2.98. The molecule has 8 heteroatoms. The molecule has 0 radical (unpaired) electrons. The number of carbonyl (C=O) groups is 1. The van der Waals surface area contributed by atoms with Gasteiger partial charge in [0.15, 0.2) is 9.84 Å². The predicted molar refractivity (Wildman–Crippen MR) is 85.2 cm³/mol. The molecule has 0 saturated carbocycles. The number of hydrogen-bond donors (Lipinski definition) is 1. The van der Waals surface area contributed by atoms with Crippen LogP contribution in [0.5, 0.6) is 0 Å². The molecule has 1 amide bonds. The van der Waals surface area contributed by atoms with Gasteiger partial charge in [0, 0.05) is 12.3 Å². The average Bonchev–Trinajstić information content (AvgIpc) is 3.18.